The lowest BCUT2D eigenvalue weighted by atomic mass is 9.77. The Balaban J connectivity index is 1.31. The third-order valence-corrected chi connectivity index (χ3v) is 4.99. The number of nitrogens with one attached hydrogen (secondary N) is 3. The molecular weight excluding hydrogens is 322 g/mol. The van der Waals surface area contributed by atoms with Crippen LogP contribution in [0.25, 0.3) is 11.6 Å². The Morgan fingerprint density at radius 1 is 1.28 bits per heavy atom. The van der Waals surface area contributed by atoms with Gasteiger partial charge in [0.25, 0.3) is 0 Å². The summed E-state index contributed by atoms with van der Waals surface area (Å²) < 4.78 is 5.16. The summed E-state index contributed by atoms with van der Waals surface area (Å²) >= 11 is 0. The van der Waals surface area contributed by atoms with Gasteiger partial charge in [0.15, 0.2) is 0 Å². The molecule has 1 unspecified atom stereocenters. The van der Waals surface area contributed by atoms with Crippen LogP contribution in [-0.4, -0.2) is 51.7 Å². The maximum Gasteiger partial charge on any atom is 0.246 e. The largest absolute Gasteiger partial charge is 0.346 e. The predicted octanol–water partition coefficient (Wildman–Crippen LogP) is -0.125. The van der Waals surface area contributed by atoms with Crippen LogP contribution in [0, 0.1) is 5.41 Å². The molecule has 2 aromatic heterocycles. The van der Waals surface area contributed by atoms with E-state index in [0.29, 0.717) is 17.5 Å². The fourth-order valence-electron chi connectivity index (χ4n) is 3.56. The van der Waals surface area contributed by atoms with Crippen molar-refractivity contribution >= 4 is 5.91 Å². The minimum absolute atomic E-state index is 0.0221. The molecule has 2 aromatic rings. The number of carbonyl (C=O) groups is 1. The van der Waals surface area contributed by atoms with Crippen LogP contribution >= 0.6 is 0 Å². The van der Waals surface area contributed by atoms with E-state index in [0.717, 1.165) is 38.9 Å². The van der Waals surface area contributed by atoms with Crippen molar-refractivity contribution in [3.63, 3.8) is 0 Å². The molecule has 2 aliphatic heterocycles. The number of hydrogen-bond donors (Lipinski definition) is 3. The van der Waals surface area contributed by atoms with Crippen LogP contribution in [0.3, 0.4) is 0 Å². The van der Waals surface area contributed by atoms with Crippen molar-refractivity contribution in [1.82, 2.24) is 36.1 Å². The summed E-state index contributed by atoms with van der Waals surface area (Å²) in [7, 11) is 0. The van der Waals surface area contributed by atoms with E-state index in [-0.39, 0.29) is 23.9 Å². The summed E-state index contributed by atoms with van der Waals surface area (Å²) in [4.78, 5) is 24.8. The van der Waals surface area contributed by atoms with Gasteiger partial charge in [-0.15, -0.1) is 0 Å². The zero-order valence-electron chi connectivity index (χ0n) is 13.9. The van der Waals surface area contributed by atoms with E-state index in [1.54, 1.807) is 18.5 Å². The Hall–Kier alpha value is -2.39. The molecule has 4 rings (SSSR count). The van der Waals surface area contributed by atoms with Crippen molar-refractivity contribution in [3.8, 4) is 11.6 Å². The van der Waals surface area contributed by atoms with Crippen LogP contribution < -0.4 is 16.0 Å². The molecule has 2 saturated heterocycles. The zero-order valence-corrected chi connectivity index (χ0v) is 13.9. The van der Waals surface area contributed by atoms with Gasteiger partial charge in [-0.3, -0.25) is 4.79 Å². The fraction of sp³-hybridized carbons (Fsp3) is 0.562. The average molecular weight is 343 g/mol. The lowest BCUT2D eigenvalue weighted by Crippen LogP contribution is -2.40. The molecular formula is C16H21N7O2. The second kappa shape index (κ2) is 6.85. The van der Waals surface area contributed by atoms with E-state index >= 15 is 0 Å². The highest BCUT2D eigenvalue weighted by Gasteiger charge is 2.42. The molecule has 25 heavy (non-hydrogen) atoms. The Morgan fingerprint density at radius 2 is 2.08 bits per heavy atom. The van der Waals surface area contributed by atoms with Crippen molar-refractivity contribution in [1.29, 1.82) is 0 Å². The van der Waals surface area contributed by atoms with Gasteiger partial charge in [0.2, 0.25) is 23.4 Å². The van der Waals surface area contributed by atoms with Crippen LogP contribution in [0.5, 0.6) is 0 Å². The van der Waals surface area contributed by atoms with Crippen molar-refractivity contribution in [3.05, 3.63) is 24.4 Å². The number of carbonyl (C=O) groups excluding carboxylic acids is 1. The van der Waals surface area contributed by atoms with E-state index in [9.17, 15) is 4.79 Å². The molecule has 9 nitrogen and oxygen atoms in total. The number of amides is 1. The molecule has 1 amide bonds. The van der Waals surface area contributed by atoms with Crippen molar-refractivity contribution in [2.24, 2.45) is 5.41 Å². The predicted molar refractivity (Wildman–Crippen MR) is 88.1 cm³/mol. The highest BCUT2D eigenvalue weighted by Crippen LogP contribution is 2.37. The molecule has 2 fully saturated rings. The summed E-state index contributed by atoms with van der Waals surface area (Å²) in [5, 5.41) is 13.5. The number of piperidine rings is 1. The Kier molecular flexibility index (Phi) is 4.41. The third kappa shape index (κ3) is 3.52. The highest BCUT2D eigenvalue weighted by atomic mass is 16.5. The quantitative estimate of drug-likeness (QED) is 0.703. The SMILES string of the molecule is O=C(NCc1nc(-c2ncccn2)no1)C1CC2(CCNCC2)CN1. The second-order valence-corrected chi connectivity index (χ2v) is 6.69. The lowest BCUT2D eigenvalue weighted by Gasteiger charge is -2.33. The van der Waals surface area contributed by atoms with E-state index < -0.39 is 0 Å². The molecule has 4 heterocycles. The Labute approximate surface area is 145 Å². The maximum absolute atomic E-state index is 12.4. The molecule has 2 aliphatic rings. The van der Waals surface area contributed by atoms with Crippen molar-refractivity contribution in [2.75, 3.05) is 19.6 Å². The first-order valence-corrected chi connectivity index (χ1v) is 8.56. The van der Waals surface area contributed by atoms with Crippen LogP contribution in [0.15, 0.2) is 23.0 Å². The first kappa shape index (κ1) is 16.1. The zero-order chi connectivity index (χ0) is 17.1. The number of nitrogens with zero attached hydrogens (tertiary/aromatic N) is 4. The van der Waals surface area contributed by atoms with Gasteiger partial charge in [0.1, 0.15) is 0 Å². The lowest BCUT2D eigenvalue weighted by molar-refractivity contribution is -0.123. The van der Waals surface area contributed by atoms with Gasteiger partial charge in [-0.1, -0.05) is 5.16 Å². The molecule has 3 N–H and O–H groups in total. The van der Waals surface area contributed by atoms with Crippen LogP contribution in [0.2, 0.25) is 0 Å². The van der Waals surface area contributed by atoms with Gasteiger partial charge in [0.05, 0.1) is 12.6 Å². The van der Waals surface area contributed by atoms with E-state index in [4.69, 9.17) is 4.52 Å². The summed E-state index contributed by atoms with van der Waals surface area (Å²) in [6.07, 6.45) is 6.35. The highest BCUT2D eigenvalue weighted by molar-refractivity contribution is 5.82. The molecule has 1 atom stereocenters. The van der Waals surface area contributed by atoms with Crippen LogP contribution in [-0.2, 0) is 11.3 Å². The topological polar surface area (TPSA) is 118 Å². The Bertz CT molecular complexity index is 727. The third-order valence-electron chi connectivity index (χ3n) is 4.99. The second-order valence-electron chi connectivity index (χ2n) is 6.69. The first-order valence-electron chi connectivity index (χ1n) is 8.56. The smallest absolute Gasteiger partial charge is 0.246 e. The Morgan fingerprint density at radius 3 is 2.88 bits per heavy atom. The number of hydrogen-bond acceptors (Lipinski definition) is 8. The number of aromatic nitrogens is 4. The molecule has 0 aromatic carbocycles. The number of rotatable bonds is 4. The molecule has 9 heteroatoms. The summed E-state index contributed by atoms with van der Waals surface area (Å²) in [5.74, 6) is 1.03. The molecule has 132 valence electrons. The summed E-state index contributed by atoms with van der Waals surface area (Å²) in [6, 6.07) is 1.56. The molecule has 0 bridgehead atoms. The van der Waals surface area contributed by atoms with Gasteiger partial charge in [-0.2, -0.15) is 4.98 Å². The van der Waals surface area contributed by atoms with Crippen molar-refractivity contribution in [2.45, 2.75) is 31.8 Å². The molecule has 0 aliphatic carbocycles. The van der Waals surface area contributed by atoms with E-state index in [1.807, 2.05) is 0 Å². The molecule has 0 saturated carbocycles. The van der Waals surface area contributed by atoms with E-state index in [2.05, 4.69) is 36.1 Å². The van der Waals surface area contributed by atoms with Crippen LogP contribution in [0.4, 0.5) is 0 Å². The fourth-order valence-corrected chi connectivity index (χ4v) is 3.56. The molecule has 0 radical (unpaired) electrons. The van der Waals surface area contributed by atoms with Gasteiger partial charge in [-0.25, -0.2) is 9.97 Å². The van der Waals surface area contributed by atoms with Gasteiger partial charge < -0.3 is 20.5 Å². The normalized spacial score (nSPS) is 22.2. The first-order chi connectivity index (χ1) is 12.2. The maximum atomic E-state index is 12.4. The summed E-state index contributed by atoms with van der Waals surface area (Å²) in [6.45, 7) is 3.17. The van der Waals surface area contributed by atoms with E-state index in [1.165, 1.54) is 0 Å². The average Bonchev–Trinajstić information content (AvgIpc) is 3.29. The monoisotopic (exact) mass is 343 g/mol. The van der Waals surface area contributed by atoms with Gasteiger partial charge >= 0.3 is 0 Å². The van der Waals surface area contributed by atoms with Crippen molar-refractivity contribution < 1.29 is 9.32 Å². The summed E-state index contributed by atoms with van der Waals surface area (Å²) in [5.41, 5.74) is 0.259. The van der Waals surface area contributed by atoms with Crippen LogP contribution in [0.1, 0.15) is 25.2 Å². The minimum atomic E-state index is -0.155. The molecule has 1 spiro atoms. The minimum Gasteiger partial charge on any atom is -0.346 e. The van der Waals surface area contributed by atoms with Gasteiger partial charge in [-0.05, 0) is 43.8 Å². The van der Waals surface area contributed by atoms with Gasteiger partial charge in [0, 0.05) is 18.9 Å². The standard InChI is InChI=1S/C16H21N7O2/c24-15(11-8-16(10-21-11)2-6-17-7-3-16)20-9-12-22-14(23-25-12)13-18-4-1-5-19-13/h1,4-5,11,17,21H,2-3,6-10H2,(H,20,24).